The lowest BCUT2D eigenvalue weighted by atomic mass is 9.94. The standard InChI is InChI=1S/C11H20N2O3/c12-7-10(1-2-10)9(14)13-8-11(15)3-5-16-6-4-11/h15H,1-8,12H2,(H,13,14). The number of carbonyl (C=O) groups is 1. The van der Waals surface area contributed by atoms with Gasteiger partial charge in [-0.05, 0) is 12.8 Å². The van der Waals surface area contributed by atoms with Crippen LogP contribution in [0.15, 0.2) is 0 Å². The molecule has 0 aromatic heterocycles. The molecule has 5 nitrogen and oxygen atoms in total. The molecule has 0 atom stereocenters. The van der Waals surface area contributed by atoms with Crippen molar-refractivity contribution in [2.24, 2.45) is 11.1 Å². The highest BCUT2D eigenvalue weighted by Gasteiger charge is 2.48. The van der Waals surface area contributed by atoms with E-state index in [9.17, 15) is 9.90 Å². The van der Waals surface area contributed by atoms with Crippen LogP contribution in [0.5, 0.6) is 0 Å². The van der Waals surface area contributed by atoms with Gasteiger partial charge >= 0.3 is 0 Å². The van der Waals surface area contributed by atoms with Crippen molar-refractivity contribution < 1.29 is 14.6 Å². The minimum absolute atomic E-state index is 0.00471. The molecular formula is C11H20N2O3. The number of hydrogen-bond donors (Lipinski definition) is 3. The number of aliphatic hydroxyl groups is 1. The maximum atomic E-state index is 11.8. The van der Waals surface area contributed by atoms with E-state index in [-0.39, 0.29) is 11.3 Å². The maximum absolute atomic E-state index is 11.8. The van der Waals surface area contributed by atoms with Gasteiger partial charge in [-0.1, -0.05) is 0 Å². The lowest BCUT2D eigenvalue weighted by Crippen LogP contribution is -2.49. The van der Waals surface area contributed by atoms with Gasteiger partial charge in [0.1, 0.15) is 0 Å². The van der Waals surface area contributed by atoms with Crippen LogP contribution in [0.4, 0.5) is 0 Å². The Bertz CT molecular complexity index is 270. The largest absolute Gasteiger partial charge is 0.388 e. The zero-order chi connectivity index (χ0) is 11.6. The molecule has 4 N–H and O–H groups in total. The molecule has 0 aromatic rings. The highest BCUT2D eigenvalue weighted by atomic mass is 16.5. The number of nitrogens with two attached hydrogens (primary N) is 1. The Kier molecular flexibility index (Phi) is 3.19. The number of amides is 1. The van der Waals surface area contributed by atoms with Crippen molar-refractivity contribution in [2.75, 3.05) is 26.3 Å². The molecule has 92 valence electrons. The van der Waals surface area contributed by atoms with Crippen molar-refractivity contribution in [1.29, 1.82) is 0 Å². The van der Waals surface area contributed by atoms with Crippen molar-refractivity contribution in [3.05, 3.63) is 0 Å². The summed E-state index contributed by atoms with van der Waals surface area (Å²) >= 11 is 0. The fourth-order valence-electron chi connectivity index (χ4n) is 2.04. The quantitative estimate of drug-likeness (QED) is 0.599. The molecule has 1 amide bonds. The Morgan fingerprint density at radius 1 is 1.31 bits per heavy atom. The fourth-order valence-corrected chi connectivity index (χ4v) is 2.04. The molecule has 1 heterocycles. The van der Waals surface area contributed by atoms with Crippen LogP contribution in [0.3, 0.4) is 0 Å². The topological polar surface area (TPSA) is 84.6 Å². The second kappa shape index (κ2) is 4.31. The molecule has 1 aliphatic carbocycles. The second-order valence-electron chi connectivity index (χ2n) is 5.00. The summed E-state index contributed by atoms with van der Waals surface area (Å²) < 4.78 is 5.18. The van der Waals surface area contributed by atoms with E-state index in [1.165, 1.54) is 0 Å². The van der Waals surface area contributed by atoms with Gasteiger partial charge in [0, 0.05) is 39.1 Å². The molecule has 1 saturated carbocycles. The lowest BCUT2D eigenvalue weighted by molar-refractivity contribution is -0.128. The molecule has 0 unspecified atom stereocenters. The molecule has 2 rings (SSSR count). The molecule has 5 heteroatoms. The Balaban J connectivity index is 1.80. The first-order valence-electron chi connectivity index (χ1n) is 5.89. The number of ether oxygens (including phenoxy) is 1. The minimum Gasteiger partial charge on any atom is -0.388 e. The van der Waals surface area contributed by atoms with Gasteiger partial charge in [0.15, 0.2) is 0 Å². The molecule has 2 fully saturated rings. The van der Waals surface area contributed by atoms with Crippen LogP contribution in [0.1, 0.15) is 25.7 Å². The molecule has 16 heavy (non-hydrogen) atoms. The van der Waals surface area contributed by atoms with Gasteiger partial charge in [-0.3, -0.25) is 4.79 Å². The summed E-state index contributed by atoms with van der Waals surface area (Å²) in [4.78, 5) is 11.8. The van der Waals surface area contributed by atoms with Crippen LogP contribution in [0, 0.1) is 5.41 Å². The summed E-state index contributed by atoms with van der Waals surface area (Å²) in [5.74, 6) is -0.00471. The van der Waals surface area contributed by atoms with Crippen molar-refractivity contribution in [2.45, 2.75) is 31.3 Å². The van der Waals surface area contributed by atoms with E-state index >= 15 is 0 Å². The molecule has 1 saturated heterocycles. The predicted octanol–water partition coefficient (Wildman–Crippen LogP) is -0.617. The molecule has 2 aliphatic rings. The third-order valence-corrected chi connectivity index (χ3v) is 3.73. The zero-order valence-electron chi connectivity index (χ0n) is 9.50. The number of hydrogen-bond acceptors (Lipinski definition) is 4. The van der Waals surface area contributed by atoms with Gasteiger partial charge in [0.2, 0.25) is 5.91 Å². The molecule has 1 aliphatic heterocycles. The van der Waals surface area contributed by atoms with Crippen LogP contribution in [0.2, 0.25) is 0 Å². The van der Waals surface area contributed by atoms with Crippen molar-refractivity contribution in [3.8, 4) is 0 Å². The summed E-state index contributed by atoms with van der Waals surface area (Å²) in [5.41, 5.74) is 4.44. The number of nitrogens with one attached hydrogen (secondary N) is 1. The van der Waals surface area contributed by atoms with Gasteiger partial charge in [-0.15, -0.1) is 0 Å². The third kappa shape index (κ3) is 2.36. The maximum Gasteiger partial charge on any atom is 0.227 e. The molecular weight excluding hydrogens is 208 g/mol. The summed E-state index contributed by atoms with van der Waals surface area (Å²) in [7, 11) is 0. The smallest absolute Gasteiger partial charge is 0.227 e. The van der Waals surface area contributed by atoms with Gasteiger partial charge in [-0.2, -0.15) is 0 Å². The van der Waals surface area contributed by atoms with E-state index in [1.54, 1.807) is 0 Å². The Hall–Kier alpha value is -0.650. The van der Waals surface area contributed by atoms with Gasteiger partial charge < -0.3 is 20.9 Å². The van der Waals surface area contributed by atoms with Crippen LogP contribution < -0.4 is 11.1 Å². The molecule has 0 radical (unpaired) electrons. The van der Waals surface area contributed by atoms with Crippen LogP contribution in [-0.2, 0) is 9.53 Å². The zero-order valence-corrected chi connectivity index (χ0v) is 9.50. The van der Waals surface area contributed by atoms with E-state index in [4.69, 9.17) is 10.5 Å². The fraction of sp³-hybridized carbons (Fsp3) is 0.909. The normalized spacial score (nSPS) is 26.1. The first-order chi connectivity index (χ1) is 7.60. The summed E-state index contributed by atoms with van der Waals surface area (Å²) in [6.07, 6.45) is 2.92. The molecule has 0 aromatic carbocycles. The molecule has 0 bridgehead atoms. The monoisotopic (exact) mass is 228 g/mol. The SMILES string of the molecule is NCC1(C(=O)NCC2(O)CCOCC2)CC1. The first-order valence-corrected chi connectivity index (χ1v) is 5.89. The highest BCUT2D eigenvalue weighted by Crippen LogP contribution is 2.44. The summed E-state index contributed by atoms with van der Waals surface area (Å²) in [6.45, 7) is 1.85. The van der Waals surface area contributed by atoms with Crippen molar-refractivity contribution in [3.63, 3.8) is 0 Å². The van der Waals surface area contributed by atoms with Gasteiger partial charge in [0.05, 0.1) is 11.0 Å². The summed E-state index contributed by atoms with van der Waals surface area (Å²) in [5, 5.41) is 13.0. The Morgan fingerprint density at radius 3 is 2.44 bits per heavy atom. The minimum atomic E-state index is -0.793. The summed E-state index contributed by atoms with van der Waals surface area (Å²) in [6, 6.07) is 0. The second-order valence-corrected chi connectivity index (χ2v) is 5.00. The third-order valence-electron chi connectivity index (χ3n) is 3.73. The predicted molar refractivity (Wildman–Crippen MR) is 58.7 cm³/mol. The van der Waals surface area contributed by atoms with E-state index in [0.717, 1.165) is 12.8 Å². The number of carbonyl (C=O) groups excluding carboxylic acids is 1. The lowest BCUT2D eigenvalue weighted by Gasteiger charge is -2.32. The Morgan fingerprint density at radius 2 is 1.94 bits per heavy atom. The van der Waals surface area contributed by atoms with Gasteiger partial charge in [-0.25, -0.2) is 0 Å². The highest BCUT2D eigenvalue weighted by molar-refractivity contribution is 5.85. The van der Waals surface area contributed by atoms with Gasteiger partial charge in [0.25, 0.3) is 0 Å². The van der Waals surface area contributed by atoms with Crippen LogP contribution in [0.25, 0.3) is 0 Å². The Labute approximate surface area is 95.3 Å². The van der Waals surface area contributed by atoms with Crippen LogP contribution in [-0.4, -0.2) is 42.9 Å². The first kappa shape index (κ1) is 11.8. The van der Waals surface area contributed by atoms with E-state index in [0.29, 0.717) is 39.1 Å². The average molecular weight is 228 g/mol. The average Bonchev–Trinajstić information content (AvgIpc) is 3.08. The number of rotatable bonds is 4. The molecule has 0 spiro atoms. The van der Waals surface area contributed by atoms with E-state index in [1.807, 2.05) is 0 Å². The van der Waals surface area contributed by atoms with Crippen LogP contribution >= 0.6 is 0 Å². The van der Waals surface area contributed by atoms with E-state index in [2.05, 4.69) is 5.32 Å². The van der Waals surface area contributed by atoms with Crippen molar-refractivity contribution >= 4 is 5.91 Å². The van der Waals surface area contributed by atoms with E-state index < -0.39 is 5.60 Å². The van der Waals surface area contributed by atoms with Crippen molar-refractivity contribution in [1.82, 2.24) is 5.32 Å².